The van der Waals surface area contributed by atoms with Gasteiger partial charge in [-0.1, -0.05) is 20.3 Å². The maximum Gasteiger partial charge on any atom is 0.317 e. The van der Waals surface area contributed by atoms with Gasteiger partial charge in [-0.3, -0.25) is 0 Å². The lowest BCUT2D eigenvalue weighted by Gasteiger charge is -2.22. The zero-order valence-electron chi connectivity index (χ0n) is 10.1. The minimum absolute atomic E-state index is 0.0544. The molecule has 0 heterocycles. The predicted octanol–water partition coefficient (Wildman–Crippen LogP) is 1.56. The van der Waals surface area contributed by atoms with E-state index >= 15 is 0 Å². The van der Waals surface area contributed by atoms with Crippen LogP contribution in [0.25, 0.3) is 0 Å². The highest BCUT2D eigenvalue weighted by Crippen LogP contribution is 1.95. The molecule has 0 fully saturated rings. The fourth-order valence-corrected chi connectivity index (χ4v) is 1.35. The Morgan fingerprint density at radius 1 is 1.20 bits per heavy atom. The summed E-state index contributed by atoms with van der Waals surface area (Å²) in [6.07, 6.45) is 4.02. The van der Waals surface area contributed by atoms with Crippen LogP contribution in [0.5, 0.6) is 0 Å². The summed E-state index contributed by atoms with van der Waals surface area (Å²) in [5, 5.41) is 2.92. The molecule has 0 unspecified atom stereocenters. The van der Waals surface area contributed by atoms with Gasteiger partial charge in [0, 0.05) is 19.6 Å². The summed E-state index contributed by atoms with van der Waals surface area (Å²) in [4.78, 5) is 13.5. The lowest BCUT2D eigenvalue weighted by atomic mass is 10.3. The van der Waals surface area contributed by atoms with E-state index in [4.69, 9.17) is 5.73 Å². The van der Waals surface area contributed by atoms with Crippen LogP contribution >= 0.6 is 0 Å². The molecule has 0 saturated carbocycles. The fraction of sp³-hybridized carbons (Fsp3) is 0.909. The number of carbonyl (C=O) groups excluding carboxylic acids is 1. The monoisotopic (exact) mass is 215 g/mol. The Balaban J connectivity index is 3.81. The standard InChI is InChI=1S/C11H25N3O/c1-3-5-8-13-11(15)14(9-4-2)10-6-7-12/h3-10,12H2,1-2H3,(H,13,15). The van der Waals surface area contributed by atoms with E-state index in [1.807, 2.05) is 4.90 Å². The van der Waals surface area contributed by atoms with E-state index in [0.717, 1.165) is 45.3 Å². The number of nitrogens with two attached hydrogens (primary N) is 1. The number of hydrogen-bond donors (Lipinski definition) is 2. The minimum Gasteiger partial charge on any atom is -0.338 e. The molecule has 0 aromatic carbocycles. The van der Waals surface area contributed by atoms with Crippen molar-refractivity contribution in [2.24, 2.45) is 5.73 Å². The molecular formula is C11H25N3O. The summed E-state index contributed by atoms with van der Waals surface area (Å²) >= 11 is 0. The normalized spacial score (nSPS) is 10.1. The van der Waals surface area contributed by atoms with Gasteiger partial charge in [0.25, 0.3) is 0 Å². The zero-order valence-corrected chi connectivity index (χ0v) is 10.1. The molecular weight excluding hydrogens is 190 g/mol. The molecule has 90 valence electrons. The second-order valence-electron chi connectivity index (χ2n) is 3.71. The molecule has 0 aliphatic carbocycles. The smallest absolute Gasteiger partial charge is 0.317 e. The summed E-state index contributed by atoms with van der Waals surface area (Å²) in [7, 11) is 0. The van der Waals surface area contributed by atoms with Crippen LogP contribution in [-0.2, 0) is 0 Å². The van der Waals surface area contributed by atoms with Crippen LogP contribution in [0, 0.1) is 0 Å². The van der Waals surface area contributed by atoms with Crippen molar-refractivity contribution in [3.05, 3.63) is 0 Å². The van der Waals surface area contributed by atoms with Crippen molar-refractivity contribution in [1.82, 2.24) is 10.2 Å². The van der Waals surface area contributed by atoms with E-state index in [2.05, 4.69) is 19.2 Å². The molecule has 0 aromatic heterocycles. The Kier molecular flexibility index (Phi) is 9.27. The van der Waals surface area contributed by atoms with Gasteiger partial charge in [-0.2, -0.15) is 0 Å². The number of nitrogens with zero attached hydrogens (tertiary/aromatic N) is 1. The largest absolute Gasteiger partial charge is 0.338 e. The minimum atomic E-state index is 0.0544. The van der Waals surface area contributed by atoms with E-state index in [0.29, 0.717) is 6.54 Å². The van der Waals surface area contributed by atoms with E-state index in [9.17, 15) is 4.79 Å². The van der Waals surface area contributed by atoms with Crippen LogP contribution in [-0.4, -0.2) is 37.1 Å². The van der Waals surface area contributed by atoms with Crippen LogP contribution < -0.4 is 11.1 Å². The first-order valence-electron chi connectivity index (χ1n) is 5.99. The van der Waals surface area contributed by atoms with Crippen molar-refractivity contribution >= 4 is 6.03 Å². The van der Waals surface area contributed by atoms with E-state index in [1.54, 1.807) is 0 Å². The Morgan fingerprint density at radius 2 is 1.93 bits per heavy atom. The fourth-order valence-electron chi connectivity index (χ4n) is 1.35. The number of carbonyl (C=O) groups is 1. The van der Waals surface area contributed by atoms with Gasteiger partial charge in [-0.05, 0) is 25.8 Å². The first-order valence-corrected chi connectivity index (χ1v) is 5.99. The second-order valence-corrected chi connectivity index (χ2v) is 3.71. The summed E-state index contributed by atoms with van der Waals surface area (Å²) in [5.74, 6) is 0. The topological polar surface area (TPSA) is 58.4 Å². The molecule has 2 amide bonds. The first-order chi connectivity index (χ1) is 7.26. The van der Waals surface area contributed by atoms with E-state index < -0.39 is 0 Å². The maximum absolute atomic E-state index is 11.7. The molecule has 0 saturated heterocycles. The van der Waals surface area contributed by atoms with Gasteiger partial charge in [-0.15, -0.1) is 0 Å². The average molecular weight is 215 g/mol. The van der Waals surface area contributed by atoms with Crippen molar-refractivity contribution in [1.29, 1.82) is 0 Å². The second kappa shape index (κ2) is 9.77. The molecule has 4 heteroatoms. The Labute approximate surface area is 93.2 Å². The molecule has 4 nitrogen and oxygen atoms in total. The zero-order chi connectivity index (χ0) is 11.5. The first kappa shape index (κ1) is 14.2. The molecule has 0 spiro atoms. The van der Waals surface area contributed by atoms with Crippen molar-refractivity contribution in [2.75, 3.05) is 26.2 Å². The maximum atomic E-state index is 11.7. The third-order valence-electron chi connectivity index (χ3n) is 2.22. The van der Waals surface area contributed by atoms with E-state index in [-0.39, 0.29) is 6.03 Å². The Bertz CT molecular complexity index is 162. The molecule has 0 aliphatic heterocycles. The van der Waals surface area contributed by atoms with Crippen molar-refractivity contribution in [3.63, 3.8) is 0 Å². The number of nitrogens with one attached hydrogen (secondary N) is 1. The lowest BCUT2D eigenvalue weighted by Crippen LogP contribution is -2.41. The Morgan fingerprint density at radius 3 is 2.47 bits per heavy atom. The molecule has 3 N–H and O–H groups in total. The molecule has 0 aromatic rings. The van der Waals surface area contributed by atoms with Crippen molar-refractivity contribution in [3.8, 4) is 0 Å². The summed E-state index contributed by atoms with van der Waals surface area (Å²) in [5.41, 5.74) is 5.44. The summed E-state index contributed by atoms with van der Waals surface area (Å²) in [6.45, 7) is 7.19. The predicted molar refractivity (Wildman–Crippen MR) is 63.8 cm³/mol. The highest BCUT2D eigenvalue weighted by molar-refractivity contribution is 5.74. The number of urea groups is 1. The third-order valence-corrected chi connectivity index (χ3v) is 2.22. The number of amides is 2. The van der Waals surface area contributed by atoms with Crippen LogP contribution in [0.2, 0.25) is 0 Å². The quantitative estimate of drug-likeness (QED) is 0.604. The summed E-state index contributed by atoms with van der Waals surface area (Å²) < 4.78 is 0. The molecule has 0 bridgehead atoms. The molecule has 0 atom stereocenters. The molecule has 0 rings (SSSR count). The lowest BCUT2D eigenvalue weighted by molar-refractivity contribution is 0.197. The van der Waals surface area contributed by atoms with Gasteiger partial charge in [0.15, 0.2) is 0 Å². The van der Waals surface area contributed by atoms with Crippen LogP contribution in [0.3, 0.4) is 0 Å². The number of rotatable bonds is 8. The SMILES string of the molecule is CCCCNC(=O)N(CCC)CCCN. The van der Waals surface area contributed by atoms with Crippen LogP contribution in [0.4, 0.5) is 4.79 Å². The van der Waals surface area contributed by atoms with E-state index in [1.165, 1.54) is 0 Å². The van der Waals surface area contributed by atoms with Gasteiger partial charge < -0.3 is 16.0 Å². The molecule has 0 aliphatic rings. The van der Waals surface area contributed by atoms with Crippen molar-refractivity contribution < 1.29 is 4.79 Å². The van der Waals surface area contributed by atoms with Crippen LogP contribution in [0.15, 0.2) is 0 Å². The summed E-state index contributed by atoms with van der Waals surface area (Å²) in [6, 6.07) is 0.0544. The highest BCUT2D eigenvalue weighted by atomic mass is 16.2. The van der Waals surface area contributed by atoms with Gasteiger partial charge in [0.05, 0.1) is 0 Å². The average Bonchev–Trinajstić information content (AvgIpc) is 2.24. The highest BCUT2D eigenvalue weighted by Gasteiger charge is 2.10. The van der Waals surface area contributed by atoms with Gasteiger partial charge in [-0.25, -0.2) is 4.79 Å². The molecule has 15 heavy (non-hydrogen) atoms. The number of hydrogen-bond acceptors (Lipinski definition) is 2. The van der Waals surface area contributed by atoms with Gasteiger partial charge in [0.2, 0.25) is 0 Å². The van der Waals surface area contributed by atoms with Crippen LogP contribution in [0.1, 0.15) is 39.5 Å². The van der Waals surface area contributed by atoms with Gasteiger partial charge >= 0.3 is 6.03 Å². The Hall–Kier alpha value is -0.770. The van der Waals surface area contributed by atoms with Gasteiger partial charge in [0.1, 0.15) is 0 Å². The molecule has 0 radical (unpaired) electrons. The third kappa shape index (κ3) is 7.19. The van der Waals surface area contributed by atoms with Crippen molar-refractivity contribution in [2.45, 2.75) is 39.5 Å². The number of unbranched alkanes of at least 4 members (excludes halogenated alkanes) is 1.